The number of nitrogens with one attached hydrogen (secondary N) is 1. The number of halogens is 3. The quantitative estimate of drug-likeness (QED) is 0.686. The molecule has 0 saturated heterocycles. The summed E-state index contributed by atoms with van der Waals surface area (Å²) in [5.41, 5.74) is 1.31. The number of para-hydroxylation sites is 1. The van der Waals surface area contributed by atoms with Crippen LogP contribution in [0.2, 0.25) is 5.02 Å². The van der Waals surface area contributed by atoms with Crippen molar-refractivity contribution < 1.29 is 18.3 Å². The van der Waals surface area contributed by atoms with Crippen molar-refractivity contribution in [2.24, 2.45) is 0 Å². The molecule has 3 rings (SSSR count). The smallest absolute Gasteiger partial charge is 0.288 e. The Labute approximate surface area is 155 Å². The van der Waals surface area contributed by atoms with Gasteiger partial charge in [0.15, 0.2) is 6.61 Å². The number of aromatic nitrogens is 4. The number of hydrogen-bond donors (Lipinski definition) is 1. The van der Waals surface area contributed by atoms with E-state index in [-0.39, 0.29) is 5.88 Å². The van der Waals surface area contributed by atoms with Crippen LogP contribution in [0.1, 0.15) is 12.6 Å². The minimum absolute atomic E-state index is 0.0398. The van der Waals surface area contributed by atoms with Gasteiger partial charge in [-0.25, -0.2) is 0 Å². The maximum atomic E-state index is 13.7. The molecule has 0 unspecified atom stereocenters. The minimum Gasteiger partial charge on any atom is -0.467 e. The molecule has 2 aromatic heterocycles. The molecule has 7 nitrogen and oxygen atoms in total. The summed E-state index contributed by atoms with van der Waals surface area (Å²) >= 11 is 7.25. The molecule has 0 aliphatic carbocycles. The molecular formula is C15H12ClF2N5O2S. The van der Waals surface area contributed by atoms with Gasteiger partial charge in [0.1, 0.15) is 11.2 Å². The third-order valence-electron chi connectivity index (χ3n) is 3.16. The lowest BCUT2D eigenvalue weighted by Crippen LogP contribution is -2.21. The van der Waals surface area contributed by atoms with E-state index in [0.717, 1.165) is 29.0 Å². The van der Waals surface area contributed by atoms with E-state index < -0.39 is 24.1 Å². The van der Waals surface area contributed by atoms with E-state index in [4.69, 9.17) is 16.3 Å². The SMILES string of the molecule is CC(F)(F)c1cc(OCC(=O)Nc2nncs2)n(-c2ccccc2Cl)n1. The number of anilines is 1. The van der Waals surface area contributed by atoms with E-state index in [1.165, 1.54) is 5.51 Å². The van der Waals surface area contributed by atoms with Crippen LogP contribution in [0.25, 0.3) is 5.69 Å². The highest BCUT2D eigenvalue weighted by Crippen LogP contribution is 2.32. The Balaban J connectivity index is 1.84. The molecule has 3 aromatic rings. The second-order valence-corrected chi connectivity index (χ2v) is 6.44. The van der Waals surface area contributed by atoms with Gasteiger partial charge in [0.05, 0.1) is 10.7 Å². The first-order valence-corrected chi connectivity index (χ1v) is 8.52. The minimum atomic E-state index is -3.18. The maximum absolute atomic E-state index is 13.7. The van der Waals surface area contributed by atoms with Gasteiger partial charge in [-0.3, -0.25) is 10.1 Å². The highest BCUT2D eigenvalue weighted by atomic mass is 35.5. The fourth-order valence-corrected chi connectivity index (χ4v) is 2.68. The molecule has 1 N–H and O–H groups in total. The Morgan fingerprint density at radius 3 is 2.85 bits per heavy atom. The van der Waals surface area contributed by atoms with Gasteiger partial charge in [-0.2, -0.15) is 18.6 Å². The van der Waals surface area contributed by atoms with Gasteiger partial charge in [-0.05, 0) is 12.1 Å². The standard InChI is InChI=1S/C15H12ClF2N5O2S/c1-15(17,18)11-6-13(23(22-11)10-5-3-2-4-9(10)16)25-7-12(24)20-14-21-19-8-26-14/h2-6,8H,7H2,1H3,(H,20,21,24). The van der Waals surface area contributed by atoms with Gasteiger partial charge in [-0.15, -0.1) is 10.2 Å². The van der Waals surface area contributed by atoms with E-state index in [2.05, 4.69) is 20.6 Å². The zero-order valence-electron chi connectivity index (χ0n) is 13.3. The van der Waals surface area contributed by atoms with Gasteiger partial charge in [0, 0.05) is 13.0 Å². The summed E-state index contributed by atoms with van der Waals surface area (Å²) in [5, 5.41) is 14.2. The van der Waals surface area contributed by atoms with Gasteiger partial charge in [0.2, 0.25) is 11.0 Å². The van der Waals surface area contributed by atoms with Crippen LogP contribution >= 0.6 is 22.9 Å². The molecule has 0 fully saturated rings. The van der Waals surface area contributed by atoms with Crippen LogP contribution in [-0.2, 0) is 10.7 Å². The monoisotopic (exact) mass is 399 g/mol. The summed E-state index contributed by atoms with van der Waals surface area (Å²) in [6.45, 7) is 0.294. The average Bonchev–Trinajstić information content (AvgIpc) is 3.22. The molecular weight excluding hydrogens is 388 g/mol. The number of benzene rings is 1. The topological polar surface area (TPSA) is 81.9 Å². The number of hydrogen-bond acceptors (Lipinski definition) is 6. The number of alkyl halides is 2. The number of ether oxygens (including phenoxy) is 1. The predicted octanol–water partition coefficient (Wildman–Crippen LogP) is 3.51. The first kappa shape index (κ1) is 18.2. The lowest BCUT2D eigenvalue weighted by Gasteiger charge is -2.10. The lowest BCUT2D eigenvalue weighted by atomic mass is 10.3. The van der Waals surface area contributed by atoms with Crippen LogP contribution < -0.4 is 10.1 Å². The summed E-state index contributed by atoms with van der Waals surface area (Å²) in [5.74, 6) is -3.74. The fraction of sp³-hybridized carbons (Fsp3) is 0.200. The molecule has 136 valence electrons. The summed E-state index contributed by atoms with van der Waals surface area (Å²) in [4.78, 5) is 11.9. The zero-order valence-corrected chi connectivity index (χ0v) is 14.9. The molecule has 0 radical (unpaired) electrons. The van der Waals surface area contributed by atoms with Crippen molar-refractivity contribution in [1.29, 1.82) is 0 Å². The third-order valence-corrected chi connectivity index (χ3v) is 4.09. The van der Waals surface area contributed by atoms with Crippen LogP contribution in [0.15, 0.2) is 35.8 Å². The Morgan fingerprint density at radius 2 is 2.19 bits per heavy atom. The molecule has 1 aromatic carbocycles. The fourth-order valence-electron chi connectivity index (χ4n) is 2.00. The van der Waals surface area contributed by atoms with Crippen LogP contribution in [0.4, 0.5) is 13.9 Å². The van der Waals surface area contributed by atoms with Crippen molar-refractivity contribution in [2.45, 2.75) is 12.8 Å². The van der Waals surface area contributed by atoms with Crippen molar-refractivity contribution in [3.05, 3.63) is 46.6 Å². The summed E-state index contributed by atoms with van der Waals surface area (Å²) < 4.78 is 33.8. The van der Waals surface area contributed by atoms with Gasteiger partial charge >= 0.3 is 0 Å². The van der Waals surface area contributed by atoms with E-state index in [9.17, 15) is 13.6 Å². The number of amides is 1. The molecule has 2 heterocycles. The van der Waals surface area contributed by atoms with Crippen molar-refractivity contribution in [3.63, 3.8) is 0 Å². The van der Waals surface area contributed by atoms with E-state index in [0.29, 0.717) is 15.8 Å². The van der Waals surface area contributed by atoms with E-state index >= 15 is 0 Å². The Hall–Kier alpha value is -2.59. The zero-order chi connectivity index (χ0) is 18.7. The van der Waals surface area contributed by atoms with Crippen LogP contribution in [0, 0.1) is 0 Å². The Kier molecular flexibility index (Phi) is 5.14. The molecule has 0 spiro atoms. The summed E-state index contributed by atoms with van der Waals surface area (Å²) in [7, 11) is 0. The van der Waals surface area contributed by atoms with Crippen LogP contribution in [-0.4, -0.2) is 32.5 Å². The molecule has 0 bridgehead atoms. The van der Waals surface area contributed by atoms with Gasteiger partial charge in [-0.1, -0.05) is 35.1 Å². The third kappa shape index (κ3) is 4.14. The molecule has 0 aliphatic heterocycles. The maximum Gasteiger partial charge on any atom is 0.288 e. The van der Waals surface area contributed by atoms with Crippen molar-refractivity contribution >= 4 is 34.0 Å². The highest BCUT2D eigenvalue weighted by molar-refractivity contribution is 7.13. The number of carbonyl (C=O) groups excluding carboxylic acids is 1. The lowest BCUT2D eigenvalue weighted by molar-refractivity contribution is -0.118. The van der Waals surface area contributed by atoms with Gasteiger partial charge in [0.25, 0.3) is 11.8 Å². The largest absolute Gasteiger partial charge is 0.467 e. The number of nitrogens with zero attached hydrogens (tertiary/aromatic N) is 4. The Morgan fingerprint density at radius 1 is 1.42 bits per heavy atom. The van der Waals surface area contributed by atoms with Gasteiger partial charge < -0.3 is 4.74 Å². The summed E-state index contributed by atoms with van der Waals surface area (Å²) in [6.07, 6.45) is 0. The first-order chi connectivity index (χ1) is 12.3. The normalized spacial score (nSPS) is 11.4. The number of rotatable bonds is 6. The molecule has 0 atom stereocenters. The highest BCUT2D eigenvalue weighted by Gasteiger charge is 2.30. The van der Waals surface area contributed by atoms with E-state index in [1.54, 1.807) is 24.3 Å². The second-order valence-electron chi connectivity index (χ2n) is 5.20. The molecule has 1 amide bonds. The average molecular weight is 400 g/mol. The number of carbonyl (C=O) groups is 1. The molecule has 26 heavy (non-hydrogen) atoms. The molecule has 0 aliphatic rings. The predicted molar refractivity (Wildman–Crippen MR) is 92.2 cm³/mol. The van der Waals surface area contributed by atoms with E-state index in [1.807, 2.05) is 0 Å². The van der Waals surface area contributed by atoms with Crippen LogP contribution in [0.5, 0.6) is 5.88 Å². The molecule has 0 saturated carbocycles. The first-order valence-electron chi connectivity index (χ1n) is 7.26. The Bertz CT molecular complexity index is 911. The second kappa shape index (κ2) is 7.34. The van der Waals surface area contributed by atoms with Crippen LogP contribution in [0.3, 0.4) is 0 Å². The van der Waals surface area contributed by atoms with Crippen molar-refractivity contribution in [2.75, 3.05) is 11.9 Å². The van der Waals surface area contributed by atoms with Crippen molar-refractivity contribution in [3.8, 4) is 11.6 Å². The molecule has 11 heteroatoms. The van der Waals surface area contributed by atoms with Crippen molar-refractivity contribution in [1.82, 2.24) is 20.0 Å². The summed E-state index contributed by atoms with van der Waals surface area (Å²) in [6, 6.07) is 7.64.